The third kappa shape index (κ3) is 2.59. The molecule has 0 fully saturated rings. The fraction of sp³-hybridized carbons (Fsp3) is 0.0625. The Hall–Kier alpha value is -2.43. The highest BCUT2D eigenvalue weighted by atomic mass is 19.4. The zero-order valence-corrected chi connectivity index (χ0v) is 10.7. The zero-order valence-electron chi connectivity index (χ0n) is 10.7. The van der Waals surface area contributed by atoms with Gasteiger partial charge in [-0.25, -0.2) is 9.37 Å². The highest BCUT2D eigenvalue weighted by Crippen LogP contribution is 2.31. The molecule has 0 aliphatic carbocycles. The first-order valence-electron chi connectivity index (χ1n) is 6.18. The maximum Gasteiger partial charge on any atom is 0.416 e. The minimum absolute atomic E-state index is 0.0439. The van der Waals surface area contributed by atoms with Crippen LogP contribution in [-0.4, -0.2) is 4.98 Å². The van der Waals surface area contributed by atoms with Crippen LogP contribution >= 0.6 is 0 Å². The summed E-state index contributed by atoms with van der Waals surface area (Å²) in [4.78, 5) is 4.18. The Labute approximate surface area is 117 Å². The predicted molar refractivity (Wildman–Crippen MR) is 72.1 cm³/mol. The van der Waals surface area contributed by atoms with Crippen LogP contribution in [0.1, 0.15) is 5.56 Å². The van der Waals surface area contributed by atoms with Crippen molar-refractivity contribution in [3.8, 4) is 11.3 Å². The lowest BCUT2D eigenvalue weighted by Gasteiger charge is -2.08. The summed E-state index contributed by atoms with van der Waals surface area (Å²) in [7, 11) is 0. The molecule has 0 spiro atoms. The van der Waals surface area contributed by atoms with Crippen molar-refractivity contribution in [2.45, 2.75) is 6.18 Å². The van der Waals surface area contributed by atoms with Crippen LogP contribution in [0.5, 0.6) is 0 Å². The summed E-state index contributed by atoms with van der Waals surface area (Å²) in [5, 5.41) is 0.644. The molecular formula is C16H9F4N. The Balaban J connectivity index is 2.09. The summed E-state index contributed by atoms with van der Waals surface area (Å²) in [5.74, 6) is -0.562. The fourth-order valence-electron chi connectivity index (χ4n) is 2.11. The lowest BCUT2D eigenvalue weighted by Crippen LogP contribution is -2.04. The van der Waals surface area contributed by atoms with Crippen LogP contribution in [-0.2, 0) is 6.18 Å². The van der Waals surface area contributed by atoms with E-state index < -0.39 is 17.6 Å². The molecule has 3 aromatic rings. The van der Waals surface area contributed by atoms with Crippen LogP contribution < -0.4 is 0 Å². The van der Waals surface area contributed by atoms with Crippen LogP contribution in [0.2, 0.25) is 0 Å². The van der Waals surface area contributed by atoms with Gasteiger partial charge in [-0.1, -0.05) is 30.3 Å². The molecule has 0 bridgehead atoms. The van der Waals surface area contributed by atoms with Gasteiger partial charge < -0.3 is 0 Å². The smallest absolute Gasteiger partial charge is 0.245 e. The van der Waals surface area contributed by atoms with E-state index in [-0.39, 0.29) is 5.69 Å². The summed E-state index contributed by atoms with van der Waals surface area (Å²) < 4.78 is 51.6. The SMILES string of the molecule is Fc1cc2ccccc2nc1-c1ccc(C(F)(F)F)cc1. The largest absolute Gasteiger partial charge is 0.416 e. The Morgan fingerprint density at radius 2 is 1.52 bits per heavy atom. The molecular weight excluding hydrogens is 282 g/mol. The van der Waals surface area contributed by atoms with E-state index in [4.69, 9.17) is 0 Å². The number of rotatable bonds is 1. The molecule has 0 saturated carbocycles. The number of pyridine rings is 1. The molecule has 0 radical (unpaired) electrons. The highest BCUT2D eigenvalue weighted by Gasteiger charge is 2.30. The molecule has 2 aromatic carbocycles. The molecule has 1 aromatic heterocycles. The first kappa shape index (κ1) is 13.5. The van der Waals surface area contributed by atoms with Crippen molar-refractivity contribution >= 4 is 10.9 Å². The first-order valence-corrected chi connectivity index (χ1v) is 6.18. The lowest BCUT2D eigenvalue weighted by atomic mass is 10.1. The molecule has 106 valence electrons. The molecule has 5 heteroatoms. The monoisotopic (exact) mass is 291 g/mol. The van der Waals surface area contributed by atoms with E-state index >= 15 is 0 Å². The van der Waals surface area contributed by atoms with Gasteiger partial charge in [-0.05, 0) is 24.3 Å². The Morgan fingerprint density at radius 3 is 2.19 bits per heavy atom. The van der Waals surface area contributed by atoms with E-state index in [1.54, 1.807) is 24.3 Å². The number of hydrogen-bond acceptors (Lipinski definition) is 1. The molecule has 0 amide bonds. The second kappa shape index (κ2) is 4.84. The van der Waals surface area contributed by atoms with Gasteiger partial charge in [0.2, 0.25) is 0 Å². The van der Waals surface area contributed by atoms with Crippen molar-refractivity contribution in [1.82, 2.24) is 4.98 Å². The van der Waals surface area contributed by atoms with Gasteiger partial charge in [-0.3, -0.25) is 0 Å². The van der Waals surface area contributed by atoms with Gasteiger partial charge in [0, 0.05) is 10.9 Å². The van der Waals surface area contributed by atoms with Crippen molar-refractivity contribution in [3.63, 3.8) is 0 Å². The molecule has 0 unspecified atom stereocenters. The molecule has 1 heterocycles. The number of aromatic nitrogens is 1. The van der Waals surface area contributed by atoms with Gasteiger partial charge in [0.1, 0.15) is 11.5 Å². The molecule has 0 aliphatic heterocycles. The summed E-state index contributed by atoms with van der Waals surface area (Å²) in [6.45, 7) is 0. The van der Waals surface area contributed by atoms with E-state index in [9.17, 15) is 17.6 Å². The Bertz CT molecular complexity index is 791. The number of alkyl halides is 3. The van der Waals surface area contributed by atoms with Crippen molar-refractivity contribution in [1.29, 1.82) is 0 Å². The van der Waals surface area contributed by atoms with Crippen LogP contribution in [0, 0.1) is 5.82 Å². The van der Waals surface area contributed by atoms with Gasteiger partial charge in [0.05, 0.1) is 11.1 Å². The minimum atomic E-state index is -4.41. The van der Waals surface area contributed by atoms with Gasteiger partial charge in [0.15, 0.2) is 0 Å². The third-order valence-corrected chi connectivity index (χ3v) is 3.16. The molecule has 0 saturated heterocycles. The molecule has 0 N–H and O–H groups in total. The number of fused-ring (bicyclic) bond motifs is 1. The van der Waals surface area contributed by atoms with Crippen LogP contribution in [0.3, 0.4) is 0 Å². The quantitative estimate of drug-likeness (QED) is 0.571. The first-order chi connectivity index (χ1) is 9.95. The summed E-state index contributed by atoms with van der Waals surface area (Å²) >= 11 is 0. The van der Waals surface area contributed by atoms with E-state index in [2.05, 4.69) is 4.98 Å². The number of halogens is 4. The van der Waals surface area contributed by atoms with E-state index in [0.717, 1.165) is 12.1 Å². The topological polar surface area (TPSA) is 12.9 Å². The third-order valence-electron chi connectivity index (χ3n) is 3.16. The highest BCUT2D eigenvalue weighted by molar-refractivity contribution is 5.81. The van der Waals surface area contributed by atoms with Crippen molar-refractivity contribution in [3.05, 3.63) is 66.0 Å². The predicted octanol–water partition coefficient (Wildman–Crippen LogP) is 5.06. The Kier molecular flexibility index (Phi) is 3.12. The van der Waals surface area contributed by atoms with Gasteiger partial charge >= 0.3 is 6.18 Å². The second-order valence-electron chi connectivity index (χ2n) is 4.59. The number of hydrogen-bond donors (Lipinski definition) is 0. The molecule has 21 heavy (non-hydrogen) atoms. The summed E-state index contributed by atoms with van der Waals surface area (Å²) in [5.41, 5.74) is 0.176. The molecule has 3 rings (SSSR count). The lowest BCUT2D eigenvalue weighted by molar-refractivity contribution is -0.137. The minimum Gasteiger partial charge on any atom is -0.245 e. The molecule has 1 nitrogen and oxygen atoms in total. The zero-order chi connectivity index (χ0) is 15.0. The fourth-order valence-corrected chi connectivity index (χ4v) is 2.11. The maximum absolute atomic E-state index is 14.1. The van der Waals surface area contributed by atoms with Gasteiger partial charge in [-0.15, -0.1) is 0 Å². The van der Waals surface area contributed by atoms with Crippen LogP contribution in [0.15, 0.2) is 54.6 Å². The number of para-hydroxylation sites is 1. The van der Waals surface area contributed by atoms with Gasteiger partial charge in [-0.2, -0.15) is 13.2 Å². The number of benzene rings is 2. The summed E-state index contributed by atoms with van der Waals surface area (Å²) in [6, 6.07) is 12.6. The number of nitrogens with zero attached hydrogens (tertiary/aromatic N) is 1. The van der Waals surface area contributed by atoms with E-state index in [0.29, 0.717) is 16.5 Å². The van der Waals surface area contributed by atoms with Crippen LogP contribution in [0.25, 0.3) is 22.2 Å². The average Bonchev–Trinajstić information content (AvgIpc) is 2.46. The maximum atomic E-state index is 14.1. The van der Waals surface area contributed by atoms with Crippen LogP contribution in [0.4, 0.5) is 17.6 Å². The van der Waals surface area contributed by atoms with Crippen molar-refractivity contribution in [2.75, 3.05) is 0 Å². The Morgan fingerprint density at radius 1 is 0.857 bits per heavy atom. The van der Waals surface area contributed by atoms with Gasteiger partial charge in [0.25, 0.3) is 0 Å². The normalized spacial score (nSPS) is 11.8. The standard InChI is InChI=1S/C16H9F4N/c17-13-9-11-3-1-2-4-14(11)21-15(13)10-5-7-12(8-6-10)16(18,19)20/h1-9H. The summed E-state index contributed by atoms with van der Waals surface area (Å²) in [6.07, 6.45) is -4.41. The second-order valence-corrected chi connectivity index (χ2v) is 4.59. The molecule has 0 atom stereocenters. The average molecular weight is 291 g/mol. The van der Waals surface area contributed by atoms with Crippen molar-refractivity contribution in [2.24, 2.45) is 0 Å². The van der Waals surface area contributed by atoms with E-state index in [1.807, 2.05) is 0 Å². The molecule has 0 aliphatic rings. The van der Waals surface area contributed by atoms with Crippen molar-refractivity contribution < 1.29 is 17.6 Å². The van der Waals surface area contributed by atoms with E-state index in [1.165, 1.54) is 18.2 Å².